The minimum Gasteiger partial charge on any atom is -0.460 e. The van der Waals surface area contributed by atoms with Gasteiger partial charge in [-0.1, -0.05) is 133 Å². The molecule has 3 fully saturated rings. The van der Waals surface area contributed by atoms with Crippen LogP contribution >= 0.6 is 0 Å². The van der Waals surface area contributed by atoms with Crippen LogP contribution in [0, 0.1) is 35.5 Å². The molecule has 0 spiro atoms. The Balaban J connectivity index is 0.000000393. The highest BCUT2D eigenvalue weighted by molar-refractivity contribution is 6.39. The number of nitrogens with zero attached hydrogens (tertiary/aromatic N) is 1. The maximum Gasteiger partial charge on any atom is 0.329 e. The topological polar surface area (TPSA) is 236 Å². The van der Waals surface area contributed by atoms with E-state index in [0.29, 0.717) is 69.3 Å². The van der Waals surface area contributed by atoms with Gasteiger partial charge in [0.15, 0.2) is 5.78 Å². The second-order valence-corrected chi connectivity index (χ2v) is 25.9. The molecule has 0 aromatic heterocycles. The van der Waals surface area contributed by atoms with Gasteiger partial charge in [-0.2, -0.15) is 0 Å². The van der Waals surface area contributed by atoms with E-state index in [1.54, 1.807) is 46.6 Å². The molecule has 16 nitrogen and oxygen atoms in total. The molecule has 480 valence electrons. The van der Waals surface area contributed by atoms with Crippen LogP contribution < -0.4 is 0 Å². The lowest BCUT2D eigenvalue weighted by Crippen LogP contribution is -2.61. The van der Waals surface area contributed by atoms with Gasteiger partial charge in [-0.3, -0.25) is 29.7 Å². The van der Waals surface area contributed by atoms with Crippen molar-refractivity contribution in [2.75, 3.05) is 27.9 Å². The summed E-state index contributed by atoms with van der Waals surface area (Å²) in [5.74, 6) is -7.34. The zero-order valence-corrected chi connectivity index (χ0v) is 53.6. The number of cyclic esters (lactones) is 1. The van der Waals surface area contributed by atoms with E-state index in [0.717, 1.165) is 12.0 Å². The molecular weight excluding hydrogens is 1120 g/mol. The lowest BCUT2D eigenvalue weighted by atomic mass is 9.78. The van der Waals surface area contributed by atoms with Crippen LogP contribution in [0.15, 0.2) is 108 Å². The fourth-order valence-corrected chi connectivity index (χ4v) is 14.3. The molecular formula is C72H97NO15. The highest BCUT2D eigenvalue weighted by atomic mass is 17.0. The summed E-state index contributed by atoms with van der Waals surface area (Å²) in [7, 11) is 4.52. The van der Waals surface area contributed by atoms with Crippen molar-refractivity contribution in [1.29, 1.82) is 0 Å². The lowest BCUT2D eigenvalue weighted by Gasteiger charge is -2.42. The number of ether oxygens (including phenoxy) is 5. The van der Waals surface area contributed by atoms with E-state index in [-0.39, 0.29) is 54.8 Å². The second kappa shape index (κ2) is 31.8. The molecule has 1 saturated carbocycles. The van der Waals surface area contributed by atoms with Crippen LogP contribution in [0.25, 0.3) is 32.3 Å². The van der Waals surface area contributed by atoms with Gasteiger partial charge in [0, 0.05) is 58.5 Å². The third kappa shape index (κ3) is 16.2. The predicted molar refractivity (Wildman–Crippen MR) is 341 cm³/mol. The molecule has 9 rings (SSSR count). The number of aliphatic hydroxyl groups excluding tert-OH is 2. The molecule has 3 heterocycles. The van der Waals surface area contributed by atoms with Gasteiger partial charge in [0.05, 0.1) is 24.4 Å². The van der Waals surface area contributed by atoms with Gasteiger partial charge in [0.1, 0.15) is 30.1 Å². The number of ketones is 3. The van der Waals surface area contributed by atoms with Crippen molar-refractivity contribution in [3.63, 3.8) is 0 Å². The number of carbonyl (C=O) groups is 5. The van der Waals surface area contributed by atoms with E-state index < -0.39 is 83.9 Å². The molecule has 2 bridgehead atoms. The summed E-state index contributed by atoms with van der Waals surface area (Å²) in [4.78, 5) is 71.8. The van der Waals surface area contributed by atoms with Crippen LogP contribution in [0.3, 0.4) is 0 Å². The predicted octanol–water partition coefficient (Wildman–Crippen LogP) is 12.0. The van der Waals surface area contributed by atoms with Gasteiger partial charge < -0.3 is 43.9 Å². The summed E-state index contributed by atoms with van der Waals surface area (Å²) in [5, 5.41) is 54.3. The van der Waals surface area contributed by atoms with Crippen LogP contribution in [-0.4, -0.2) is 142 Å². The molecule has 16 heteroatoms. The normalized spacial score (nSPS) is 34.0. The minimum absolute atomic E-state index is 0.0193. The van der Waals surface area contributed by atoms with Gasteiger partial charge in [-0.15, -0.1) is 0 Å². The lowest BCUT2D eigenvalue weighted by molar-refractivity contribution is -0.265. The largest absolute Gasteiger partial charge is 0.460 e. The molecule has 1 amide bonds. The van der Waals surface area contributed by atoms with Crippen LogP contribution in [0.4, 0.5) is 0 Å². The van der Waals surface area contributed by atoms with Crippen molar-refractivity contribution in [3.8, 4) is 0 Å². The number of allylic oxidation sites excluding steroid dienone is 6. The number of hydrogen-bond acceptors (Lipinski definition) is 15. The van der Waals surface area contributed by atoms with E-state index in [2.05, 4.69) is 67.6 Å². The van der Waals surface area contributed by atoms with Crippen molar-refractivity contribution in [1.82, 2.24) is 4.90 Å². The number of carbonyl (C=O) groups excluding carboxylic acids is 5. The van der Waals surface area contributed by atoms with Crippen LogP contribution in [-0.2, 0) is 54.1 Å². The molecule has 4 aromatic carbocycles. The third-order valence-electron chi connectivity index (χ3n) is 19.5. The molecule has 2 saturated heterocycles. The van der Waals surface area contributed by atoms with Crippen molar-refractivity contribution >= 4 is 61.5 Å². The Labute approximate surface area is 519 Å². The highest BCUT2D eigenvalue weighted by Crippen LogP contribution is 2.45. The fourth-order valence-electron chi connectivity index (χ4n) is 14.3. The molecule has 3 aliphatic heterocycles. The van der Waals surface area contributed by atoms with Gasteiger partial charge in [-0.05, 0) is 169 Å². The SMILES string of the molecule is CC1Cc2cccc3cc4c(ccc5ccccc54)c1c23.CO[C@H]1C[C@@H]2CC[C@@H](C)[C@@](O)(O2)C(=O)C(=O)N2CCCC[C@H]2C(=O)O[C@H]([C@H](C)C[C@@H]2CC[C@@H](O)[C@H](OC)C2)CC(=O)[C@H](C)/C=C(\C)[C@@H](O)[C@@H](OC)C(=O)[C@H](C)C[C@H](C)/C=C/C=C/C=C/1C.OO. The zero-order chi connectivity index (χ0) is 64.1. The summed E-state index contributed by atoms with van der Waals surface area (Å²) >= 11 is 0. The Morgan fingerprint density at radius 2 is 1.47 bits per heavy atom. The quantitative estimate of drug-likeness (QED) is 0.0230. The molecule has 16 atom stereocenters. The van der Waals surface area contributed by atoms with Gasteiger partial charge in [0.25, 0.3) is 11.7 Å². The van der Waals surface area contributed by atoms with Crippen LogP contribution in [0.5, 0.6) is 0 Å². The third-order valence-corrected chi connectivity index (χ3v) is 19.5. The Morgan fingerprint density at radius 1 is 0.727 bits per heavy atom. The number of fused-ring (bicyclic) bond motifs is 7. The van der Waals surface area contributed by atoms with E-state index in [4.69, 9.17) is 34.2 Å². The molecule has 4 aromatic rings. The first-order valence-electron chi connectivity index (χ1n) is 31.8. The standard InChI is InChI=1S/C51H79NO13.C21H16.H2O2/c1-30-16-12-11-13-17-31(2)42(61-8)28-38-21-19-36(7)51(60,65-38)48(57)49(58)52-23-15-14-18-39(52)50(59)64-43(33(4)26-37-20-22-40(53)44(27-37)62-9)29-41(54)32(3)25-35(6)46(56)47(63-10)45(55)34(5)24-30;1-13-11-15-6-4-7-16-12-19-17-8-3-2-5-14(17)9-10-18(19)20(13)21(15)16;1-2/h11-13,16-17,25,30,32-34,36-40,42-44,46-47,53,56,60H,14-15,18-24,26-29H2,1-10H3;2-10,12-13H,11H2,1H3;1-2H/b13-11+,16-12+,31-17+,35-25+;;/t30-,32-,33-,34-,36-,37+,38+,39+,40-,42+,43+,44-,46-,47+,51-;;/m1../s1. The number of esters is 1. The maximum absolute atomic E-state index is 14.4. The van der Waals surface area contributed by atoms with Crippen LogP contribution in [0.1, 0.15) is 149 Å². The summed E-state index contributed by atoms with van der Waals surface area (Å²) < 4.78 is 29.4. The minimum atomic E-state index is -2.43. The van der Waals surface area contributed by atoms with Gasteiger partial charge in [0.2, 0.25) is 5.79 Å². The molecule has 88 heavy (non-hydrogen) atoms. The summed E-state index contributed by atoms with van der Waals surface area (Å²) in [6, 6.07) is 21.3. The number of aliphatic hydroxyl groups is 3. The molecule has 0 radical (unpaired) electrons. The van der Waals surface area contributed by atoms with Crippen molar-refractivity contribution in [3.05, 3.63) is 119 Å². The number of Topliss-reactive ketones (excluding diaryl/α,β-unsaturated/α-hetero) is 3. The van der Waals surface area contributed by atoms with Crippen molar-refractivity contribution < 1.29 is 73.5 Å². The van der Waals surface area contributed by atoms with Crippen molar-refractivity contribution in [2.45, 2.75) is 199 Å². The number of hydrogen-bond donors (Lipinski definition) is 5. The maximum atomic E-state index is 14.4. The Morgan fingerprint density at radius 3 is 2.19 bits per heavy atom. The van der Waals surface area contributed by atoms with E-state index >= 15 is 0 Å². The van der Waals surface area contributed by atoms with E-state index in [1.165, 1.54) is 56.3 Å². The van der Waals surface area contributed by atoms with Gasteiger partial charge >= 0.3 is 5.97 Å². The summed E-state index contributed by atoms with van der Waals surface area (Å²) in [6.45, 7) is 15.1. The Bertz CT molecular complexity index is 3200. The smallest absolute Gasteiger partial charge is 0.329 e. The highest BCUT2D eigenvalue weighted by Gasteiger charge is 2.53. The first-order valence-corrected chi connectivity index (χ1v) is 31.8. The van der Waals surface area contributed by atoms with Gasteiger partial charge in [-0.25, -0.2) is 4.79 Å². The van der Waals surface area contributed by atoms with E-state index in [9.17, 15) is 39.3 Å². The summed E-state index contributed by atoms with van der Waals surface area (Å²) in [6.07, 6.45) is 12.4. The molecule has 5 aliphatic rings. The number of benzene rings is 4. The molecule has 5 N–H and O–H groups in total. The van der Waals surface area contributed by atoms with E-state index in [1.807, 2.05) is 58.1 Å². The second-order valence-electron chi connectivity index (χ2n) is 25.9. The molecule has 2 aliphatic carbocycles. The fraction of sp³-hybridized carbons (Fsp3) is 0.569. The van der Waals surface area contributed by atoms with Crippen LogP contribution in [0.2, 0.25) is 0 Å². The number of amides is 1. The summed E-state index contributed by atoms with van der Waals surface area (Å²) in [5.41, 5.74) is 4.34. The number of piperidine rings is 1. The first kappa shape index (κ1) is 69.7. The average molecular weight is 1220 g/mol. The Hall–Kier alpha value is -5.79. The number of methoxy groups -OCH3 is 3. The zero-order valence-electron chi connectivity index (χ0n) is 53.6. The molecule has 1 unspecified atom stereocenters. The monoisotopic (exact) mass is 1220 g/mol. The number of rotatable bonds is 6. The van der Waals surface area contributed by atoms with Crippen molar-refractivity contribution in [2.24, 2.45) is 35.5 Å². The first-order chi connectivity index (χ1) is 42.1. The Kier molecular flexibility index (Phi) is 25.2. The average Bonchev–Trinajstić information content (AvgIpc) is 2.39.